The first-order valence-corrected chi connectivity index (χ1v) is 4.47. The second-order valence-electron chi connectivity index (χ2n) is 3.56. The fourth-order valence-electron chi connectivity index (χ4n) is 1.81. The predicted molar refractivity (Wildman–Crippen MR) is 46.7 cm³/mol. The smallest absolute Gasteiger partial charge is 0.0468 e. The zero-order valence-electron chi connectivity index (χ0n) is 7.81. The topological polar surface area (TPSA) is 21.3 Å². The van der Waals surface area contributed by atoms with Gasteiger partial charge in [0.1, 0.15) is 0 Å². The molecule has 11 heavy (non-hydrogen) atoms. The van der Waals surface area contributed by atoms with Gasteiger partial charge in [0.25, 0.3) is 0 Å². The predicted octanol–water partition coefficient (Wildman–Crippen LogP) is 1.41. The monoisotopic (exact) mass is 157 g/mol. The molecule has 0 amide bonds. The summed E-state index contributed by atoms with van der Waals surface area (Å²) in [5.41, 5.74) is 0.538. The Kier molecular flexibility index (Phi) is 2.90. The zero-order chi connectivity index (χ0) is 8.32. The first-order valence-electron chi connectivity index (χ1n) is 4.47. The van der Waals surface area contributed by atoms with Crippen molar-refractivity contribution < 1.29 is 4.74 Å². The molecule has 0 aliphatic carbocycles. The van der Waals surface area contributed by atoms with Crippen LogP contribution in [0, 0.1) is 5.41 Å². The normalized spacial score (nSPS) is 36.8. The molecule has 1 unspecified atom stereocenters. The summed E-state index contributed by atoms with van der Waals surface area (Å²) in [6.45, 7) is 6.61. The van der Waals surface area contributed by atoms with Crippen LogP contribution in [-0.2, 0) is 4.74 Å². The number of rotatable bonds is 4. The van der Waals surface area contributed by atoms with E-state index in [1.54, 1.807) is 7.11 Å². The van der Waals surface area contributed by atoms with Crippen LogP contribution >= 0.6 is 0 Å². The van der Waals surface area contributed by atoms with E-state index < -0.39 is 0 Å². The van der Waals surface area contributed by atoms with E-state index in [0.29, 0.717) is 11.5 Å². The van der Waals surface area contributed by atoms with E-state index in [4.69, 9.17) is 4.74 Å². The maximum Gasteiger partial charge on any atom is 0.0468 e. The summed E-state index contributed by atoms with van der Waals surface area (Å²) in [5.74, 6) is 0. The summed E-state index contributed by atoms with van der Waals surface area (Å²) in [4.78, 5) is 0. The van der Waals surface area contributed by atoms with Gasteiger partial charge in [0, 0.05) is 26.3 Å². The summed E-state index contributed by atoms with van der Waals surface area (Å²) in [7, 11) is 1.78. The van der Waals surface area contributed by atoms with Crippen LogP contribution in [0.3, 0.4) is 0 Å². The average Bonchev–Trinajstić information content (AvgIpc) is 2.04. The lowest BCUT2D eigenvalue weighted by atomic mass is 9.70. The largest absolute Gasteiger partial charge is 0.385 e. The Morgan fingerprint density at radius 2 is 2.36 bits per heavy atom. The van der Waals surface area contributed by atoms with Crippen LogP contribution < -0.4 is 5.32 Å². The van der Waals surface area contributed by atoms with Gasteiger partial charge in [0.05, 0.1) is 0 Å². The maximum absolute atomic E-state index is 5.10. The summed E-state index contributed by atoms with van der Waals surface area (Å²) in [6, 6.07) is 0.683. The molecule has 0 radical (unpaired) electrons. The highest BCUT2D eigenvalue weighted by Crippen LogP contribution is 2.36. The summed E-state index contributed by atoms with van der Waals surface area (Å²) >= 11 is 0. The van der Waals surface area contributed by atoms with Crippen LogP contribution in [0.4, 0.5) is 0 Å². The Morgan fingerprint density at radius 3 is 2.64 bits per heavy atom. The molecule has 0 aromatic heterocycles. The van der Waals surface area contributed by atoms with E-state index in [1.165, 1.54) is 19.4 Å². The quantitative estimate of drug-likeness (QED) is 0.666. The van der Waals surface area contributed by atoms with Crippen molar-refractivity contribution in [2.75, 3.05) is 20.3 Å². The molecule has 0 aromatic carbocycles. The summed E-state index contributed by atoms with van der Waals surface area (Å²) < 4.78 is 5.10. The summed E-state index contributed by atoms with van der Waals surface area (Å²) in [5, 5.41) is 3.40. The van der Waals surface area contributed by atoms with E-state index in [0.717, 1.165) is 6.61 Å². The molecule has 0 saturated carbocycles. The Balaban J connectivity index is 2.35. The van der Waals surface area contributed by atoms with Gasteiger partial charge in [0.15, 0.2) is 0 Å². The van der Waals surface area contributed by atoms with E-state index in [2.05, 4.69) is 19.2 Å². The third kappa shape index (κ3) is 1.57. The number of nitrogens with one attached hydrogen (secondary N) is 1. The molecule has 1 saturated heterocycles. The molecule has 0 spiro atoms. The number of hydrogen-bond acceptors (Lipinski definition) is 2. The standard InChI is InChI=1S/C9H19NO/c1-4-9(5-6-11-3)7-10-8(9)2/h8,10H,4-7H2,1-3H3/t8-,9?/m1/s1. The van der Waals surface area contributed by atoms with Gasteiger partial charge in [-0.2, -0.15) is 0 Å². The minimum absolute atomic E-state index is 0.538. The van der Waals surface area contributed by atoms with Gasteiger partial charge < -0.3 is 10.1 Å². The van der Waals surface area contributed by atoms with E-state index in [-0.39, 0.29) is 0 Å². The van der Waals surface area contributed by atoms with Crippen LogP contribution in [0.1, 0.15) is 26.7 Å². The van der Waals surface area contributed by atoms with Crippen LogP contribution in [0.2, 0.25) is 0 Å². The van der Waals surface area contributed by atoms with Gasteiger partial charge in [-0.25, -0.2) is 0 Å². The third-order valence-corrected chi connectivity index (χ3v) is 3.19. The van der Waals surface area contributed by atoms with Crippen LogP contribution in [0.25, 0.3) is 0 Å². The Bertz CT molecular complexity index is 123. The highest BCUT2D eigenvalue weighted by atomic mass is 16.5. The molecule has 0 bridgehead atoms. The first kappa shape index (κ1) is 9.01. The molecule has 0 aromatic rings. The molecule has 1 aliphatic heterocycles. The maximum atomic E-state index is 5.10. The van der Waals surface area contributed by atoms with Crippen molar-refractivity contribution in [2.24, 2.45) is 5.41 Å². The minimum atomic E-state index is 0.538. The van der Waals surface area contributed by atoms with Crippen LogP contribution in [-0.4, -0.2) is 26.3 Å². The number of methoxy groups -OCH3 is 1. The second-order valence-corrected chi connectivity index (χ2v) is 3.56. The third-order valence-electron chi connectivity index (χ3n) is 3.19. The van der Waals surface area contributed by atoms with E-state index in [1.807, 2.05) is 0 Å². The molecule has 1 aliphatic rings. The first-order chi connectivity index (χ1) is 5.25. The fraction of sp³-hybridized carbons (Fsp3) is 1.00. The molecule has 2 heteroatoms. The fourth-order valence-corrected chi connectivity index (χ4v) is 1.81. The molecular weight excluding hydrogens is 138 g/mol. The molecule has 1 fully saturated rings. The molecule has 2 atom stereocenters. The molecule has 1 rings (SSSR count). The van der Waals surface area contributed by atoms with E-state index >= 15 is 0 Å². The van der Waals surface area contributed by atoms with Crippen molar-refractivity contribution in [3.05, 3.63) is 0 Å². The Labute approximate surface area is 69.3 Å². The van der Waals surface area contributed by atoms with Gasteiger partial charge in [-0.15, -0.1) is 0 Å². The van der Waals surface area contributed by atoms with Gasteiger partial charge in [-0.1, -0.05) is 6.92 Å². The Hall–Kier alpha value is -0.0800. The van der Waals surface area contributed by atoms with Crippen LogP contribution in [0.5, 0.6) is 0 Å². The van der Waals surface area contributed by atoms with E-state index in [9.17, 15) is 0 Å². The van der Waals surface area contributed by atoms with Gasteiger partial charge in [0.2, 0.25) is 0 Å². The summed E-state index contributed by atoms with van der Waals surface area (Å²) in [6.07, 6.45) is 2.47. The molecular formula is C9H19NO. The van der Waals surface area contributed by atoms with Crippen LogP contribution in [0.15, 0.2) is 0 Å². The lowest BCUT2D eigenvalue weighted by molar-refractivity contribution is 0.0428. The lowest BCUT2D eigenvalue weighted by Crippen LogP contribution is -2.60. The van der Waals surface area contributed by atoms with Crippen molar-refractivity contribution in [2.45, 2.75) is 32.7 Å². The second kappa shape index (κ2) is 3.55. The SMILES string of the molecule is CCC1(CCOC)CN[C@@H]1C. The van der Waals surface area contributed by atoms with Gasteiger partial charge in [-0.05, 0) is 25.2 Å². The van der Waals surface area contributed by atoms with Crippen molar-refractivity contribution in [3.63, 3.8) is 0 Å². The highest BCUT2D eigenvalue weighted by Gasteiger charge is 2.41. The van der Waals surface area contributed by atoms with Crippen molar-refractivity contribution >= 4 is 0 Å². The van der Waals surface area contributed by atoms with Gasteiger partial charge >= 0.3 is 0 Å². The van der Waals surface area contributed by atoms with Gasteiger partial charge in [-0.3, -0.25) is 0 Å². The zero-order valence-corrected chi connectivity index (χ0v) is 7.81. The molecule has 1 N–H and O–H groups in total. The van der Waals surface area contributed by atoms with Crippen molar-refractivity contribution in [3.8, 4) is 0 Å². The average molecular weight is 157 g/mol. The number of ether oxygens (including phenoxy) is 1. The molecule has 2 nitrogen and oxygen atoms in total. The lowest BCUT2D eigenvalue weighted by Gasteiger charge is -2.49. The van der Waals surface area contributed by atoms with Crippen molar-refractivity contribution in [1.82, 2.24) is 5.32 Å². The minimum Gasteiger partial charge on any atom is -0.385 e. The Morgan fingerprint density at radius 1 is 1.64 bits per heavy atom. The molecule has 66 valence electrons. The van der Waals surface area contributed by atoms with Crippen molar-refractivity contribution in [1.29, 1.82) is 0 Å². The number of hydrogen-bond donors (Lipinski definition) is 1. The molecule has 1 heterocycles. The highest BCUT2D eigenvalue weighted by molar-refractivity contribution is 4.98.